The lowest BCUT2D eigenvalue weighted by Gasteiger charge is -2.38. The maximum atomic E-state index is 14.9. The Bertz CT molecular complexity index is 3440. The number of carbonyl (C=O) groups excluding carboxylic acids is 7. The Hall–Kier alpha value is -6.57. The zero-order chi connectivity index (χ0) is 66.2. The second kappa shape index (κ2) is 30.0. The number of thiazole rings is 1. The second-order valence-corrected chi connectivity index (χ2v) is 29.6. The van der Waals surface area contributed by atoms with Crippen LogP contribution < -0.4 is 21.3 Å². The minimum atomic E-state index is -5.87. The number of nitrogens with zero attached hydrogens (tertiary/aromatic N) is 4. The normalized spacial score (nSPS) is 20.1. The molecule has 7 N–H and O–H groups in total. The summed E-state index contributed by atoms with van der Waals surface area (Å²) < 4.78 is 53.4. The van der Waals surface area contributed by atoms with Crippen LogP contribution in [0, 0.1) is 17.8 Å². The fraction of sp³-hybridized carbons (Fsp3) is 0.538. The van der Waals surface area contributed by atoms with E-state index in [9.17, 15) is 61.8 Å². The summed E-state index contributed by atoms with van der Waals surface area (Å²) >= 11 is 2.50. The van der Waals surface area contributed by atoms with Crippen LogP contribution in [0.4, 0.5) is 8.78 Å². The van der Waals surface area contributed by atoms with Crippen LogP contribution in [0.2, 0.25) is 0 Å². The number of thiophene rings is 1. The summed E-state index contributed by atoms with van der Waals surface area (Å²) in [6.45, 7) is 15.2. The Kier molecular flexibility index (Phi) is 23.2. The Morgan fingerprint density at radius 2 is 1.43 bits per heavy atom. The first-order valence-electron chi connectivity index (χ1n) is 30.9. The molecule has 8 rings (SSSR count). The van der Waals surface area contributed by atoms with E-state index in [1.807, 2.05) is 89.2 Å². The molecule has 3 saturated heterocycles. The first-order chi connectivity index (χ1) is 42.9. The molecule has 7 amide bonds. The van der Waals surface area contributed by atoms with Crippen molar-refractivity contribution in [2.24, 2.45) is 10.8 Å². The topological polar surface area (TPSA) is 286 Å². The molecule has 494 valence electrons. The summed E-state index contributed by atoms with van der Waals surface area (Å²) in [5, 5.41) is 22.5. The molecule has 5 aromatic rings. The molecule has 5 heterocycles. The van der Waals surface area contributed by atoms with E-state index in [-0.39, 0.29) is 98.6 Å². The maximum Gasteiger partial charge on any atom is 0.399 e. The molecule has 0 radical (unpaired) electrons. The third kappa shape index (κ3) is 17.8. The van der Waals surface area contributed by atoms with Gasteiger partial charge in [-0.25, -0.2) is 4.98 Å². The quantitative estimate of drug-likeness (QED) is 0.0213. The number of hydrogen-bond donors (Lipinski definition) is 7. The van der Waals surface area contributed by atoms with Crippen molar-refractivity contribution in [3.05, 3.63) is 112 Å². The van der Waals surface area contributed by atoms with Gasteiger partial charge in [0.1, 0.15) is 36.9 Å². The van der Waals surface area contributed by atoms with Crippen LogP contribution in [-0.2, 0) is 48.5 Å². The molecule has 3 aliphatic rings. The second-order valence-electron chi connectivity index (χ2n) is 26.1. The maximum absolute atomic E-state index is 14.9. The summed E-state index contributed by atoms with van der Waals surface area (Å²) in [7, 11) is -5.87. The number of aliphatic hydroxyl groups excluding tert-OH is 1. The van der Waals surface area contributed by atoms with Crippen LogP contribution in [0.15, 0.2) is 84.4 Å². The van der Waals surface area contributed by atoms with Gasteiger partial charge in [-0.05, 0) is 77.8 Å². The van der Waals surface area contributed by atoms with Crippen molar-refractivity contribution in [3.63, 3.8) is 0 Å². The first-order valence-corrected chi connectivity index (χ1v) is 34.2. The molecule has 3 aromatic carbocycles. The zero-order valence-corrected chi connectivity index (χ0v) is 55.3. The van der Waals surface area contributed by atoms with Gasteiger partial charge in [-0.15, -0.1) is 22.7 Å². The number of nitrogens with one attached hydrogen (secondary N) is 4. The monoisotopic (exact) mass is 1320 g/mol. The van der Waals surface area contributed by atoms with Crippen molar-refractivity contribution in [2.45, 2.75) is 167 Å². The smallest absolute Gasteiger partial charge is 0.391 e. The number of aliphatic hydroxyl groups is 1. The third-order valence-electron chi connectivity index (χ3n) is 16.9. The molecule has 91 heavy (non-hydrogen) atoms. The van der Waals surface area contributed by atoms with Crippen LogP contribution in [-0.4, -0.2) is 158 Å². The van der Waals surface area contributed by atoms with Gasteiger partial charge in [0.15, 0.2) is 0 Å². The van der Waals surface area contributed by atoms with Crippen LogP contribution in [0.5, 0.6) is 0 Å². The first kappa shape index (κ1) is 70.3. The van der Waals surface area contributed by atoms with E-state index < -0.39 is 89.9 Å². The number of alkyl halides is 2. The van der Waals surface area contributed by atoms with Gasteiger partial charge >= 0.3 is 13.3 Å². The summed E-state index contributed by atoms with van der Waals surface area (Å²) in [6.07, 6.45) is 2.73. The van der Waals surface area contributed by atoms with Gasteiger partial charge in [0, 0.05) is 55.7 Å². The van der Waals surface area contributed by atoms with E-state index in [1.165, 1.54) is 21.9 Å². The summed E-state index contributed by atoms with van der Waals surface area (Å²) in [4.78, 5) is 127. The summed E-state index contributed by atoms with van der Waals surface area (Å²) in [6, 6.07) is 17.2. The lowest BCUT2D eigenvalue weighted by atomic mass is 9.85. The van der Waals surface area contributed by atoms with Crippen molar-refractivity contribution in [2.75, 3.05) is 45.9 Å². The number of amides is 7. The van der Waals surface area contributed by atoms with Crippen molar-refractivity contribution >= 4 is 81.7 Å². The number of halogens is 2. The standard InChI is InChI=1S/C65H85F2N8O13PS2/c1-39(41-21-23-43(24-22-41)55-40(2)69-38-90-55)70-58(79)48-32-46(76)34-74(48)61(82)56(63(3,4)5)71-53(77)20-16-11-9-10-12-17-27-68-54(78)37-88-47-33-49(60(81)73-28-29-87-50(36-73)42-18-14-13-15-19-42)75(35-47)62(83)57(64(6,7)8)72-59(80)52-31-44-30-45(25-26-51(44)91-52)65(66,67)89(84,85)86/h13-15,18-19,21-26,30-31,38-39,46-50,56-57,76H,9-12,16-17,20,27-29,32-37H2,1-8H3,(H,68,78)(H,70,79)(H,71,77)(H,72,80)(H2,84,85,86)/t39-,46+,47-,48-,49-,50?,56?,57?/m0/s1. The number of morpholine rings is 1. The molecule has 8 atom stereocenters. The number of carbonyl (C=O) groups is 7. The predicted octanol–water partition coefficient (Wildman–Crippen LogP) is 8.51. The zero-order valence-electron chi connectivity index (χ0n) is 52.7. The van der Waals surface area contributed by atoms with Crippen molar-refractivity contribution in [1.82, 2.24) is 41.0 Å². The minimum absolute atomic E-state index is 0.0337. The van der Waals surface area contributed by atoms with E-state index in [1.54, 1.807) is 42.5 Å². The number of β-amino-alcohol motifs (C(OH)–C–C–N with tert-alkyl or cyclic N) is 1. The number of likely N-dealkylation sites (tertiary alicyclic amines) is 2. The molecule has 21 nitrogen and oxygen atoms in total. The van der Waals surface area contributed by atoms with E-state index in [0.717, 1.165) is 76.4 Å². The van der Waals surface area contributed by atoms with Crippen LogP contribution in [0.1, 0.15) is 150 Å². The van der Waals surface area contributed by atoms with E-state index >= 15 is 0 Å². The molecule has 3 fully saturated rings. The van der Waals surface area contributed by atoms with Gasteiger partial charge in [0.05, 0.1) is 52.4 Å². The SMILES string of the molecule is Cc1ncsc1-c1ccc([C@H](C)NC(=O)[C@@H]2C[C@@H](O)CN2C(=O)C(NC(=O)CCCCCCCCNC(=O)CO[C@H]2C[C@@H](C(=O)N3CCOC(c4ccccc4)C3)N(C(=O)C(NC(=O)c3cc4cc(C(F)(F)P(=O)(O)O)ccc4s3)C(C)(C)C)C2)C(C)(C)C)cc1. The Morgan fingerprint density at radius 1 is 0.780 bits per heavy atom. The fourth-order valence-electron chi connectivity index (χ4n) is 11.7. The number of fused-ring (bicyclic) bond motifs is 1. The van der Waals surface area contributed by atoms with Gasteiger partial charge in [-0.2, -0.15) is 8.78 Å². The number of ether oxygens (including phenoxy) is 2. The number of hydrogen-bond acceptors (Lipinski definition) is 14. The van der Waals surface area contributed by atoms with E-state index in [4.69, 9.17) is 9.47 Å². The Labute approximate surface area is 537 Å². The van der Waals surface area contributed by atoms with Crippen molar-refractivity contribution in [3.8, 4) is 10.4 Å². The molecule has 26 heteroatoms. The van der Waals surface area contributed by atoms with Crippen LogP contribution in [0.3, 0.4) is 0 Å². The van der Waals surface area contributed by atoms with Crippen LogP contribution >= 0.6 is 30.3 Å². The molecule has 0 saturated carbocycles. The molecule has 0 aliphatic carbocycles. The molecule has 3 unspecified atom stereocenters. The highest BCUT2D eigenvalue weighted by Gasteiger charge is 2.51. The highest BCUT2D eigenvalue weighted by atomic mass is 32.1. The molecule has 2 aromatic heterocycles. The van der Waals surface area contributed by atoms with E-state index in [0.29, 0.717) is 24.1 Å². The summed E-state index contributed by atoms with van der Waals surface area (Å²) in [5.74, 6) is -3.14. The average molecular weight is 1320 g/mol. The van der Waals surface area contributed by atoms with E-state index in [2.05, 4.69) is 26.3 Å². The molecular weight excluding hydrogens is 1230 g/mol. The molecule has 0 spiro atoms. The highest BCUT2D eigenvalue weighted by Crippen LogP contribution is 2.59. The number of aromatic nitrogens is 1. The minimum Gasteiger partial charge on any atom is -0.391 e. The summed E-state index contributed by atoms with van der Waals surface area (Å²) in [5.41, 5.74) is -1.50. The largest absolute Gasteiger partial charge is 0.399 e. The van der Waals surface area contributed by atoms with Gasteiger partial charge < -0.3 is 60.3 Å². The van der Waals surface area contributed by atoms with Gasteiger partial charge in [-0.3, -0.25) is 38.1 Å². The number of unbranched alkanes of at least 4 members (excludes halogenated alkanes) is 5. The van der Waals surface area contributed by atoms with Gasteiger partial charge in [-0.1, -0.05) is 128 Å². The molecular formula is C65H85F2N8O13PS2. The fourth-order valence-corrected chi connectivity index (χ4v) is 13.9. The number of benzene rings is 3. The Morgan fingerprint density at radius 3 is 2.08 bits per heavy atom. The number of rotatable bonds is 25. The van der Waals surface area contributed by atoms with Crippen LogP contribution in [0.25, 0.3) is 20.5 Å². The highest BCUT2D eigenvalue weighted by molar-refractivity contribution is 7.52. The average Bonchev–Trinajstić information content (AvgIpc) is 1.90. The molecule has 0 bridgehead atoms. The lowest BCUT2D eigenvalue weighted by molar-refractivity contribution is -0.150. The van der Waals surface area contributed by atoms with Gasteiger partial charge in [0.25, 0.3) is 5.91 Å². The predicted molar refractivity (Wildman–Crippen MR) is 342 cm³/mol. The van der Waals surface area contributed by atoms with Gasteiger partial charge in [0.2, 0.25) is 35.4 Å². The van der Waals surface area contributed by atoms with Crippen molar-refractivity contribution < 1.29 is 71.3 Å². The lowest BCUT2D eigenvalue weighted by Crippen LogP contribution is -2.58. The van der Waals surface area contributed by atoms with Crippen molar-refractivity contribution in [1.29, 1.82) is 0 Å². The Balaban J connectivity index is 0.788. The molecule has 3 aliphatic heterocycles. The third-order valence-corrected chi connectivity index (χ3v) is 20.0. The number of aryl methyl sites for hydroxylation is 1.